The van der Waals surface area contributed by atoms with E-state index in [0.717, 1.165) is 25.2 Å². The zero-order valence-corrected chi connectivity index (χ0v) is 13.2. The van der Waals surface area contributed by atoms with Crippen molar-refractivity contribution in [3.8, 4) is 0 Å². The summed E-state index contributed by atoms with van der Waals surface area (Å²) in [6, 6.07) is 4.58. The average Bonchev–Trinajstić information content (AvgIpc) is 2.35. The zero-order chi connectivity index (χ0) is 15.6. The van der Waals surface area contributed by atoms with Crippen LogP contribution < -0.4 is 10.6 Å². The van der Waals surface area contributed by atoms with Gasteiger partial charge in [0.2, 0.25) is 5.91 Å². The Bertz CT molecular complexity index is 501. The normalized spacial score (nSPS) is 17.9. The number of nitrogens with one attached hydrogen (secondary N) is 2. The molecule has 0 bridgehead atoms. The van der Waals surface area contributed by atoms with Gasteiger partial charge in [0.15, 0.2) is 0 Å². The van der Waals surface area contributed by atoms with Crippen LogP contribution >= 0.6 is 12.4 Å². The monoisotopic (exact) mass is 336 g/mol. The summed E-state index contributed by atoms with van der Waals surface area (Å²) >= 11 is 0. The van der Waals surface area contributed by atoms with Crippen molar-refractivity contribution in [2.75, 3.05) is 13.1 Å². The molecule has 1 aliphatic heterocycles. The highest BCUT2D eigenvalue weighted by molar-refractivity contribution is 5.85. The maximum atomic E-state index is 12.5. The van der Waals surface area contributed by atoms with E-state index in [9.17, 15) is 18.0 Å². The number of hydrogen-bond acceptors (Lipinski definition) is 2. The van der Waals surface area contributed by atoms with E-state index in [4.69, 9.17) is 0 Å². The van der Waals surface area contributed by atoms with Gasteiger partial charge < -0.3 is 10.6 Å². The molecule has 2 atom stereocenters. The molecule has 2 unspecified atom stereocenters. The summed E-state index contributed by atoms with van der Waals surface area (Å²) in [6.07, 6.45) is -4.34. The molecule has 1 amide bonds. The molecule has 0 aliphatic carbocycles. The van der Waals surface area contributed by atoms with Gasteiger partial charge in [0, 0.05) is 5.92 Å². The first-order chi connectivity index (χ1) is 9.79. The summed E-state index contributed by atoms with van der Waals surface area (Å²) in [4.78, 5) is 12.1. The van der Waals surface area contributed by atoms with Crippen LogP contribution in [0.1, 0.15) is 31.0 Å². The minimum atomic E-state index is -4.34. The molecule has 22 heavy (non-hydrogen) atoms. The quantitative estimate of drug-likeness (QED) is 0.886. The molecule has 7 heteroatoms. The van der Waals surface area contributed by atoms with E-state index in [2.05, 4.69) is 10.6 Å². The van der Waals surface area contributed by atoms with Gasteiger partial charge in [-0.3, -0.25) is 4.79 Å². The number of halogens is 4. The Labute approximate surface area is 134 Å². The van der Waals surface area contributed by atoms with Crippen molar-refractivity contribution in [2.45, 2.75) is 26.1 Å². The molecule has 0 saturated carbocycles. The van der Waals surface area contributed by atoms with Crippen LogP contribution in [0.15, 0.2) is 24.3 Å². The predicted molar refractivity (Wildman–Crippen MR) is 80.8 cm³/mol. The third-order valence-corrected chi connectivity index (χ3v) is 4.03. The molecule has 0 spiro atoms. The summed E-state index contributed by atoms with van der Waals surface area (Å²) in [5.41, 5.74) is -0.0195. The smallest absolute Gasteiger partial charge is 0.349 e. The van der Waals surface area contributed by atoms with Crippen molar-refractivity contribution < 1.29 is 18.0 Å². The molecule has 0 aromatic heterocycles. The van der Waals surface area contributed by atoms with Crippen molar-refractivity contribution in [3.63, 3.8) is 0 Å². The van der Waals surface area contributed by atoms with Gasteiger partial charge >= 0.3 is 6.18 Å². The molecule has 2 N–H and O–H groups in total. The van der Waals surface area contributed by atoms with E-state index < -0.39 is 11.7 Å². The van der Waals surface area contributed by atoms with E-state index in [1.165, 1.54) is 12.1 Å². The van der Waals surface area contributed by atoms with Gasteiger partial charge in [-0.1, -0.05) is 19.1 Å². The van der Waals surface area contributed by atoms with Crippen LogP contribution in [0.4, 0.5) is 13.2 Å². The lowest BCUT2D eigenvalue weighted by atomic mass is 9.88. The Morgan fingerprint density at radius 3 is 2.18 bits per heavy atom. The standard InChI is InChI=1S/C15H19F3N2O.ClH/c1-9(12-7-19-8-12)14(21)20-10(2)11-3-5-13(6-4-11)15(16,17)18;/h3-6,9-10,12,19H,7-8H2,1-2H3,(H,20,21);1H. The van der Waals surface area contributed by atoms with Crippen LogP contribution in [0.3, 0.4) is 0 Å². The predicted octanol–water partition coefficient (Wildman–Crippen LogP) is 3.16. The molecule has 1 saturated heterocycles. The number of rotatable bonds is 4. The summed E-state index contributed by atoms with van der Waals surface area (Å²) in [5.74, 6) is 0.182. The van der Waals surface area contributed by atoms with Crippen molar-refractivity contribution in [3.05, 3.63) is 35.4 Å². The molecule has 124 valence electrons. The first-order valence-electron chi connectivity index (χ1n) is 6.97. The van der Waals surface area contributed by atoms with Gasteiger partial charge in [-0.15, -0.1) is 12.4 Å². The topological polar surface area (TPSA) is 41.1 Å². The molecule has 1 aromatic rings. The van der Waals surface area contributed by atoms with Gasteiger partial charge in [-0.25, -0.2) is 0 Å². The first-order valence-corrected chi connectivity index (χ1v) is 6.97. The number of hydrogen-bond donors (Lipinski definition) is 2. The molecule has 1 aliphatic rings. The van der Waals surface area contributed by atoms with Crippen LogP contribution in [0.2, 0.25) is 0 Å². The van der Waals surface area contributed by atoms with Crippen LogP contribution in [0.5, 0.6) is 0 Å². The highest BCUT2D eigenvalue weighted by atomic mass is 35.5. The van der Waals surface area contributed by atoms with Gasteiger partial charge in [-0.05, 0) is 43.6 Å². The fourth-order valence-electron chi connectivity index (χ4n) is 2.27. The minimum absolute atomic E-state index is 0. The zero-order valence-electron chi connectivity index (χ0n) is 12.4. The summed E-state index contributed by atoms with van der Waals surface area (Å²) in [6.45, 7) is 5.32. The molecular formula is C15H20ClF3N2O. The maximum absolute atomic E-state index is 12.5. The molecular weight excluding hydrogens is 317 g/mol. The Hall–Kier alpha value is -1.27. The fourth-order valence-corrected chi connectivity index (χ4v) is 2.27. The van der Waals surface area contributed by atoms with Crippen molar-refractivity contribution >= 4 is 18.3 Å². The molecule has 2 rings (SSSR count). The van der Waals surface area contributed by atoms with E-state index in [-0.39, 0.29) is 30.3 Å². The second-order valence-electron chi connectivity index (χ2n) is 5.56. The Balaban J connectivity index is 0.00000242. The highest BCUT2D eigenvalue weighted by Crippen LogP contribution is 2.30. The number of benzene rings is 1. The van der Waals surface area contributed by atoms with Gasteiger partial charge in [0.05, 0.1) is 11.6 Å². The van der Waals surface area contributed by atoms with Crippen LogP contribution in [0, 0.1) is 11.8 Å². The Morgan fingerprint density at radius 1 is 1.23 bits per heavy atom. The van der Waals surface area contributed by atoms with E-state index in [1.54, 1.807) is 6.92 Å². The maximum Gasteiger partial charge on any atom is 0.416 e. The Morgan fingerprint density at radius 2 is 1.77 bits per heavy atom. The summed E-state index contributed by atoms with van der Waals surface area (Å²) in [7, 11) is 0. The molecule has 1 fully saturated rings. The summed E-state index contributed by atoms with van der Waals surface area (Å²) < 4.78 is 37.5. The van der Waals surface area contributed by atoms with Crippen LogP contribution in [-0.2, 0) is 11.0 Å². The van der Waals surface area contributed by atoms with Crippen LogP contribution in [0.25, 0.3) is 0 Å². The lowest BCUT2D eigenvalue weighted by Crippen LogP contribution is -2.49. The van der Waals surface area contributed by atoms with E-state index in [1.807, 2.05) is 6.92 Å². The van der Waals surface area contributed by atoms with E-state index in [0.29, 0.717) is 11.5 Å². The second-order valence-corrected chi connectivity index (χ2v) is 5.56. The lowest BCUT2D eigenvalue weighted by molar-refractivity contribution is -0.137. The minimum Gasteiger partial charge on any atom is -0.349 e. The summed E-state index contributed by atoms with van der Waals surface area (Å²) in [5, 5.41) is 5.97. The largest absolute Gasteiger partial charge is 0.416 e. The third-order valence-electron chi connectivity index (χ3n) is 4.03. The van der Waals surface area contributed by atoms with Gasteiger partial charge in [0.25, 0.3) is 0 Å². The van der Waals surface area contributed by atoms with Gasteiger partial charge in [0.1, 0.15) is 0 Å². The molecule has 3 nitrogen and oxygen atoms in total. The molecule has 1 heterocycles. The first kappa shape index (κ1) is 18.8. The van der Waals surface area contributed by atoms with Crippen molar-refractivity contribution in [1.29, 1.82) is 0 Å². The molecule has 0 radical (unpaired) electrons. The van der Waals surface area contributed by atoms with Crippen molar-refractivity contribution in [1.82, 2.24) is 10.6 Å². The van der Waals surface area contributed by atoms with Crippen LogP contribution in [-0.4, -0.2) is 19.0 Å². The average molecular weight is 337 g/mol. The second kappa shape index (κ2) is 7.33. The van der Waals surface area contributed by atoms with Gasteiger partial charge in [-0.2, -0.15) is 13.2 Å². The van der Waals surface area contributed by atoms with Crippen molar-refractivity contribution in [2.24, 2.45) is 11.8 Å². The SMILES string of the molecule is CC(NC(=O)C(C)C1CNC1)c1ccc(C(F)(F)F)cc1.Cl. The third kappa shape index (κ3) is 4.36. The number of alkyl halides is 3. The Kier molecular flexibility index (Phi) is 6.26. The number of carbonyl (C=O) groups is 1. The number of amides is 1. The fraction of sp³-hybridized carbons (Fsp3) is 0.533. The molecule has 1 aromatic carbocycles. The lowest BCUT2D eigenvalue weighted by Gasteiger charge is -2.32. The highest BCUT2D eigenvalue weighted by Gasteiger charge is 2.31. The van der Waals surface area contributed by atoms with E-state index >= 15 is 0 Å². The number of carbonyl (C=O) groups excluding carboxylic acids is 1.